The van der Waals surface area contributed by atoms with Crippen LogP contribution in [-0.2, 0) is 0 Å². The van der Waals surface area contributed by atoms with Crippen molar-refractivity contribution in [3.8, 4) is 22.3 Å². The fraction of sp³-hybridized carbons (Fsp3) is 0. The summed E-state index contributed by atoms with van der Waals surface area (Å²) in [6.07, 6.45) is 0. The minimum Gasteiger partial charge on any atom is -0.456 e. The Morgan fingerprint density at radius 3 is 1.75 bits per heavy atom. The van der Waals surface area contributed by atoms with E-state index in [9.17, 15) is 0 Å². The van der Waals surface area contributed by atoms with Gasteiger partial charge in [0.05, 0.1) is 16.8 Å². The van der Waals surface area contributed by atoms with Crippen molar-refractivity contribution >= 4 is 82.9 Å². The molecule has 0 aliphatic carbocycles. The van der Waals surface area contributed by atoms with Crippen LogP contribution in [-0.4, -0.2) is 0 Å². The van der Waals surface area contributed by atoms with Gasteiger partial charge < -0.3 is 18.2 Å². The number of furan rings is 3. The summed E-state index contributed by atoms with van der Waals surface area (Å²) in [5, 5.41) is 6.25. The predicted molar refractivity (Wildman–Crippen MR) is 214 cm³/mol. The summed E-state index contributed by atoms with van der Waals surface area (Å²) in [6, 6.07) is 61.1. The fourth-order valence-electron chi connectivity index (χ4n) is 7.98. The monoisotopic (exact) mass is 667 g/mol. The van der Waals surface area contributed by atoms with Crippen molar-refractivity contribution in [2.24, 2.45) is 0 Å². The summed E-state index contributed by atoms with van der Waals surface area (Å²) in [6.45, 7) is 0. The minimum absolute atomic E-state index is 0.794. The summed E-state index contributed by atoms with van der Waals surface area (Å²) >= 11 is 0. The zero-order valence-corrected chi connectivity index (χ0v) is 27.9. The standard InChI is InChI=1S/C48H29NO3/c1-3-14-30(15-4-1)32-18-11-19-33(28-32)49(39-24-12-22-35-34-20-7-9-25-40(34)51-47(35)39)38-23-13-27-42-45(38)37-29-43-46(36-21-8-10-26-41(36)50-43)44(48(37)52-42)31-16-5-2-6-17-31/h1-29H. The molecule has 11 rings (SSSR count). The largest absolute Gasteiger partial charge is 0.456 e. The van der Waals surface area contributed by atoms with Crippen molar-refractivity contribution in [2.45, 2.75) is 0 Å². The van der Waals surface area contributed by atoms with E-state index < -0.39 is 0 Å². The molecule has 0 radical (unpaired) electrons. The van der Waals surface area contributed by atoms with Crippen molar-refractivity contribution < 1.29 is 13.3 Å². The first-order valence-corrected chi connectivity index (χ1v) is 17.5. The normalized spacial score (nSPS) is 11.8. The molecule has 244 valence electrons. The van der Waals surface area contributed by atoms with Crippen LogP contribution in [0.4, 0.5) is 17.1 Å². The molecule has 8 aromatic carbocycles. The second-order valence-corrected chi connectivity index (χ2v) is 13.2. The lowest BCUT2D eigenvalue weighted by molar-refractivity contribution is 0.664. The molecule has 0 saturated carbocycles. The number of rotatable bonds is 5. The fourth-order valence-corrected chi connectivity index (χ4v) is 7.98. The first kappa shape index (κ1) is 28.8. The van der Waals surface area contributed by atoms with E-state index in [2.05, 4.69) is 150 Å². The van der Waals surface area contributed by atoms with E-state index in [-0.39, 0.29) is 0 Å². The molecule has 11 aromatic rings. The highest BCUT2D eigenvalue weighted by molar-refractivity contribution is 6.26. The van der Waals surface area contributed by atoms with Crippen LogP contribution in [0.25, 0.3) is 88.1 Å². The molecule has 0 aliphatic rings. The van der Waals surface area contributed by atoms with Crippen molar-refractivity contribution in [3.63, 3.8) is 0 Å². The summed E-state index contributed by atoms with van der Waals surface area (Å²) in [7, 11) is 0. The smallest absolute Gasteiger partial charge is 0.159 e. The van der Waals surface area contributed by atoms with Crippen LogP contribution in [0, 0.1) is 0 Å². The second-order valence-electron chi connectivity index (χ2n) is 13.2. The van der Waals surface area contributed by atoms with Crippen LogP contribution in [0.5, 0.6) is 0 Å². The van der Waals surface area contributed by atoms with Gasteiger partial charge in [-0.25, -0.2) is 0 Å². The number of anilines is 3. The highest BCUT2D eigenvalue weighted by Gasteiger charge is 2.26. The van der Waals surface area contributed by atoms with Crippen molar-refractivity contribution in [1.29, 1.82) is 0 Å². The van der Waals surface area contributed by atoms with Crippen LogP contribution in [0.15, 0.2) is 189 Å². The number of nitrogens with zero attached hydrogens (tertiary/aromatic N) is 1. The van der Waals surface area contributed by atoms with Crippen LogP contribution in [0.2, 0.25) is 0 Å². The van der Waals surface area contributed by atoms with E-state index in [1.165, 1.54) is 0 Å². The minimum atomic E-state index is 0.794. The Kier molecular flexibility index (Phi) is 6.22. The Morgan fingerprint density at radius 2 is 0.923 bits per heavy atom. The lowest BCUT2D eigenvalue weighted by Gasteiger charge is -2.26. The highest BCUT2D eigenvalue weighted by atomic mass is 16.3. The van der Waals surface area contributed by atoms with Crippen molar-refractivity contribution in [2.75, 3.05) is 4.90 Å². The maximum absolute atomic E-state index is 6.96. The molecule has 0 unspecified atom stereocenters. The molecule has 0 bridgehead atoms. The predicted octanol–water partition coefficient (Wildman–Crippen LogP) is 14.2. The molecule has 52 heavy (non-hydrogen) atoms. The van der Waals surface area contributed by atoms with E-state index >= 15 is 0 Å². The molecule has 0 atom stereocenters. The maximum Gasteiger partial charge on any atom is 0.159 e. The summed E-state index contributed by atoms with van der Waals surface area (Å²) < 4.78 is 20.3. The maximum atomic E-state index is 6.96. The molecule has 0 amide bonds. The third-order valence-corrected chi connectivity index (χ3v) is 10.2. The number of hydrogen-bond acceptors (Lipinski definition) is 4. The van der Waals surface area contributed by atoms with Gasteiger partial charge in [0, 0.05) is 38.2 Å². The number of fused-ring (bicyclic) bond motifs is 9. The Bertz CT molecular complexity index is 3130. The summed E-state index contributed by atoms with van der Waals surface area (Å²) in [5.74, 6) is 0. The molecule has 3 aromatic heterocycles. The molecule has 3 heterocycles. The van der Waals surface area contributed by atoms with Gasteiger partial charge in [-0.2, -0.15) is 0 Å². The molecular weight excluding hydrogens is 639 g/mol. The van der Waals surface area contributed by atoms with Gasteiger partial charge in [0.15, 0.2) is 5.58 Å². The van der Waals surface area contributed by atoms with E-state index in [4.69, 9.17) is 13.3 Å². The number of hydrogen-bond donors (Lipinski definition) is 0. The third-order valence-electron chi connectivity index (χ3n) is 10.2. The van der Waals surface area contributed by atoms with Gasteiger partial charge in [-0.3, -0.25) is 0 Å². The Morgan fingerprint density at radius 1 is 0.327 bits per heavy atom. The van der Waals surface area contributed by atoms with Gasteiger partial charge in [-0.1, -0.05) is 127 Å². The van der Waals surface area contributed by atoms with Gasteiger partial charge in [0.25, 0.3) is 0 Å². The first-order chi connectivity index (χ1) is 25.8. The molecule has 0 saturated heterocycles. The van der Waals surface area contributed by atoms with Gasteiger partial charge >= 0.3 is 0 Å². The SMILES string of the molecule is c1ccc(-c2cccc(N(c3cccc4c3oc3ccccc34)c3cccc4oc5c(-c6ccccc6)c6c(cc5c34)oc3ccccc36)c2)cc1. The van der Waals surface area contributed by atoms with Gasteiger partial charge in [-0.05, 0) is 65.2 Å². The quantitative estimate of drug-likeness (QED) is 0.183. The molecule has 0 N–H and O–H groups in total. The Labute approximate surface area is 298 Å². The molecule has 0 aliphatic heterocycles. The number of para-hydroxylation sites is 3. The van der Waals surface area contributed by atoms with Crippen LogP contribution < -0.4 is 4.90 Å². The van der Waals surface area contributed by atoms with Crippen LogP contribution >= 0.6 is 0 Å². The summed E-state index contributed by atoms with van der Waals surface area (Å²) in [4.78, 5) is 2.32. The summed E-state index contributed by atoms with van der Waals surface area (Å²) in [5.41, 5.74) is 12.3. The van der Waals surface area contributed by atoms with Gasteiger partial charge in [0.2, 0.25) is 0 Å². The van der Waals surface area contributed by atoms with Crippen molar-refractivity contribution in [3.05, 3.63) is 176 Å². The topological polar surface area (TPSA) is 42.7 Å². The zero-order chi connectivity index (χ0) is 34.2. The highest BCUT2D eigenvalue weighted by Crippen LogP contribution is 2.50. The molecule has 4 nitrogen and oxygen atoms in total. The number of benzene rings is 8. The van der Waals surface area contributed by atoms with E-state index in [0.717, 1.165) is 105 Å². The first-order valence-electron chi connectivity index (χ1n) is 17.5. The molecule has 4 heteroatoms. The Balaban J connectivity index is 1.26. The average molecular weight is 668 g/mol. The molecular formula is C48H29NO3. The molecule has 0 spiro atoms. The molecule has 0 fully saturated rings. The lowest BCUT2D eigenvalue weighted by atomic mass is 9.96. The zero-order valence-electron chi connectivity index (χ0n) is 27.9. The third kappa shape index (κ3) is 4.28. The second kappa shape index (κ2) is 11.2. The van der Waals surface area contributed by atoms with Gasteiger partial charge in [0.1, 0.15) is 27.9 Å². The van der Waals surface area contributed by atoms with Crippen LogP contribution in [0.1, 0.15) is 0 Å². The van der Waals surface area contributed by atoms with Gasteiger partial charge in [-0.15, -0.1) is 0 Å². The van der Waals surface area contributed by atoms with Crippen molar-refractivity contribution in [1.82, 2.24) is 0 Å². The van der Waals surface area contributed by atoms with E-state index in [1.54, 1.807) is 0 Å². The van der Waals surface area contributed by atoms with Crippen LogP contribution in [0.3, 0.4) is 0 Å². The Hall–Kier alpha value is -7.04. The van der Waals surface area contributed by atoms with E-state index in [0.29, 0.717) is 0 Å². The average Bonchev–Trinajstić information content (AvgIpc) is 3.90. The van der Waals surface area contributed by atoms with E-state index in [1.807, 2.05) is 30.3 Å². The lowest BCUT2D eigenvalue weighted by Crippen LogP contribution is -2.10.